The molecule has 0 bridgehead atoms. The standard InChI is InChI=1S/C14H17N5/c1-3-8-19-10(2)12(9-17-18-14(15)16)11-6-4-5-7-13(11)19/h3-7,9H,1,8H2,2H3,(H4,15,16,18)/b17-9-. The molecule has 0 fully saturated rings. The maximum atomic E-state index is 5.26. The molecule has 5 nitrogen and oxygen atoms in total. The number of fused-ring (bicyclic) bond motifs is 1. The van der Waals surface area contributed by atoms with Crippen molar-refractivity contribution in [3.05, 3.63) is 48.2 Å². The van der Waals surface area contributed by atoms with Crippen molar-refractivity contribution in [1.82, 2.24) is 4.57 Å². The topological polar surface area (TPSA) is 81.7 Å². The summed E-state index contributed by atoms with van der Waals surface area (Å²) < 4.78 is 2.18. The van der Waals surface area contributed by atoms with Gasteiger partial charge in [0.1, 0.15) is 0 Å². The molecule has 2 aromatic rings. The summed E-state index contributed by atoms with van der Waals surface area (Å²) in [6.07, 6.45) is 3.55. The predicted octanol–water partition coefficient (Wildman–Crippen LogP) is 1.74. The van der Waals surface area contributed by atoms with E-state index in [0.29, 0.717) is 0 Å². The van der Waals surface area contributed by atoms with Gasteiger partial charge in [0.15, 0.2) is 0 Å². The maximum Gasteiger partial charge on any atom is 0.211 e. The van der Waals surface area contributed by atoms with Crippen molar-refractivity contribution >= 4 is 23.1 Å². The van der Waals surface area contributed by atoms with Gasteiger partial charge in [0.2, 0.25) is 5.96 Å². The van der Waals surface area contributed by atoms with Gasteiger partial charge in [0.05, 0.1) is 6.21 Å². The van der Waals surface area contributed by atoms with Gasteiger partial charge in [0.25, 0.3) is 0 Å². The van der Waals surface area contributed by atoms with Crippen LogP contribution in [0.1, 0.15) is 11.3 Å². The van der Waals surface area contributed by atoms with Crippen LogP contribution in [-0.4, -0.2) is 16.7 Å². The highest BCUT2D eigenvalue weighted by atomic mass is 15.3. The lowest BCUT2D eigenvalue weighted by Gasteiger charge is -2.03. The van der Waals surface area contributed by atoms with Gasteiger partial charge in [-0.3, -0.25) is 0 Å². The quantitative estimate of drug-likeness (QED) is 0.377. The molecule has 1 heterocycles. The van der Waals surface area contributed by atoms with Crippen molar-refractivity contribution in [3.8, 4) is 0 Å². The Morgan fingerprint density at radius 2 is 2.11 bits per heavy atom. The first-order chi connectivity index (χ1) is 9.15. The van der Waals surface area contributed by atoms with E-state index in [4.69, 9.17) is 11.5 Å². The van der Waals surface area contributed by atoms with E-state index in [1.165, 1.54) is 0 Å². The van der Waals surface area contributed by atoms with Crippen LogP contribution in [0.4, 0.5) is 0 Å². The fourth-order valence-electron chi connectivity index (χ4n) is 2.14. The number of aromatic nitrogens is 1. The minimum atomic E-state index is -0.0521. The summed E-state index contributed by atoms with van der Waals surface area (Å²) in [4.78, 5) is 0. The fraction of sp³-hybridized carbons (Fsp3) is 0.143. The molecule has 19 heavy (non-hydrogen) atoms. The number of nitrogens with two attached hydrogens (primary N) is 2. The van der Waals surface area contributed by atoms with Crippen molar-refractivity contribution in [2.75, 3.05) is 0 Å². The van der Waals surface area contributed by atoms with E-state index in [2.05, 4.69) is 33.5 Å². The molecule has 1 aromatic heterocycles. The first-order valence-electron chi connectivity index (χ1n) is 5.96. The van der Waals surface area contributed by atoms with Crippen LogP contribution >= 0.6 is 0 Å². The van der Waals surface area contributed by atoms with Gasteiger partial charge in [-0.15, -0.1) is 11.7 Å². The molecule has 5 heteroatoms. The monoisotopic (exact) mass is 255 g/mol. The second-order valence-electron chi connectivity index (χ2n) is 4.18. The number of hydrogen-bond donors (Lipinski definition) is 2. The third-order valence-corrected chi connectivity index (χ3v) is 2.95. The normalized spacial score (nSPS) is 11.0. The van der Waals surface area contributed by atoms with Crippen LogP contribution in [-0.2, 0) is 6.54 Å². The van der Waals surface area contributed by atoms with Crippen LogP contribution in [0.25, 0.3) is 10.9 Å². The molecule has 0 radical (unpaired) electrons. The summed E-state index contributed by atoms with van der Waals surface area (Å²) in [5.74, 6) is -0.0521. The average Bonchev–Trinajstić information content (AvgIpc) is 2.65. The Balaban J connectivity index is 2.60. The lowest BCUT2D eigenvalue weighted by Crippen LogP contribution is -2.21. The van der Waals surface area contributed by atoms with Gasteiger partial charge in [-0.05, 0) is 13.0 Å². The van der Waals surface area contributed by atoms with E-state index in [-0.39, 0.29) is 5.96 Å². The number of allylic oxidation sites excluding steroid dienone is 1. The van der Waals surface area contributed by atoms with Crippen LogP contribution < -0.4 is 11.5 Å². The lowest BCUT2D eigenvalue weighted by atomic mass is 10.1. The second-order valence-corrected chi connectivity index (χ2v) is 4.18. The highest BCUT2D eigenvalue weighted by Gasteiger charge is 2.10. The molecule has 0 saturated heterocycles. The third kappa shape index (κ3) is 2.49. The van der Waals surface area contributed by atoms with E-state index < -0.39 is 0 Å². The molecule has 98 valence electrons. The van der Waals surface area contributed by atoms with Gasteiger partial charge in [0, 0.05) is 28.7 Å². The Hall–Kier alpha value is -2.56. The molecule has 0 aliphatic heterocycles. The van der Waals surface area contributed by atoms with Crippen LogP contribution in [0.2, 0.25) is 0 Å². The summed E-state index contributed by atoms with van der Waals surface area (Å²) in [6.45, 7) is 6.58. The van der Waals surface area contributed by atoms with E-state index in [9.17, 15) is 0 Å². The number of hydrogen-bond acceptors (Lipinski definition) is 2. The first kappa shape index (κ1) is 12.9. The zero-order chi connectivity index (χ0) is 13.8. The highest BCUT2D eigenvalue weighted by Crippen LogP contribution is 2.24. The minimum Gasteiger partial charge on any atom is -0.369 e. The van der Waals surface area contributed by atoms with Gasteiger partial charge in [-0.25, -0.2) is 0 Å². The van der Waals surface area contributed by atoms with Gasteiger partial charge in [-0.2, -0.15) is 5.10 Å². The SMILES string of the molecule is C=CCn1c(C)c(/C=N\N=C(N)N)c2ccccc21. The van der Waals surface area contributed by atoms with Gasteiger partial charge >= 0.3 is 0 Å². The largest absolute Gasteiger partial charge is 0.369 e. The van der Waals surface area contributed by atoms with Crippen LogP contribution in [0.3, 0.4) is 0 Å². The molecule has 1 aromatic carbocycles. The number of para-hydroxylation sites is 1. The molecule has 0 aliphatic rings. The summed E-state index contributed by atoms with van der Waals surface area (Å²) in [6, 6.07) is 8.14. The summed E-state index contributed by atoms with van der Waals surface area (Å²) in [5.41, 5.74) is 13.8. The Labute approximate surface area is 111 Å². The van der Waals surface area contributed by atoms with Gasteiger partial charge < -0.3 is 16.0 Å². The van der Waals surface area contributed by atoms with Crippen molar-refractivity contribution < 1.29 is 0 Å². The summed E-state index contributed by atoms with van der Waals surface area (Å²) in [7, 11) is 0. The molecule has 0 spiro atoms. The van der Waals surface area contributed by atoms with E-state index in [0.717, 1.165) is 28.7 Å². The number of benzene rings is 1. The second kappa shape index (κ2) is 5.39. The van der Waals surface area contributed by atoms with Crippen molar-refractivity contribution in [1.29, 1.82) is 0 Å². The Morgan fingerprint density at radius 3 is 2.79 bits per heavy atom. The van der Waals surface area contributed by atoms with E-state index in [1.54, 1.807) is 6.21 Å². The molecular weight excluding hydrogens is 238 g/mol. The van der Waals surface area contributed by atoms with Crippen LogP contribution in [0, 0.1) is 6.92 Å². The third-order valence-electron chi connectivity index (χ3n) is 2.95. The number of guanidine groups is 1. The molecule has 4 N–H and O–H groups in total. The molecule has 0 amide bonds. The van der Waals surface area contributed by atoms with E-state index >= 15 is 0 Å². The minimum absolute atomic E-state index is 0.0521. The molecule has 2 rings (SSSR count). The number of rotatable bonds is 4. The smallest absolute Gasteiger partial charge is 0.211 e. The Morgan fingerprint density at radius 1 is 1.37 bits per heavy atom. The zero-order valence-corrected chi connectivity index (χ0v) is 10.9. The van der Waals surface area contributed by atoms with Crippen molar-refractivity contribution in [3.63, 3.8) is 0 Å². The zero-order valence-electron chi connectivity index (χ0n) is 10.9. The number of nitrogens with zero attached hydrogens (tertiary/aromatic N) is 3. The highest BCUT2D eigenvalue weighted by molar-refractivity contribution is 6.01. The molecular formula is C14H17N5. The Kier molecular flexibility index (Phi) is 3.66. The summed E-state index contributed by atoms with van der Waals surface area (Å²) >= 11 is 0. The van der Waals surface area contributed by atoms with Gasteiger partial charge in [-0.1, -0.05) is 24.3 Å². The fourth-order valence-corrected chi connectivity index (χ4v) is 2.14. The van der Waals surface area contributed by atoms with Crippen LogP contribution in [0.15, 0.2) is 47.1 Å². The molecule has 0 saturated carbocycles. The van der Waals surface area contributed by atoms with E-state index in [1.807, 2.05) is 25.1 Å². The molecule has 0 unspecified atom stereocenters. The van der Waals surface area contributed by atoms with Crippen molar-refractivity contribution in [2.45, 2.75) is 13.5 Å². The average molecular weight is 255 g/mol. The predicted molar refractivity (Wildman–Crippen MR) is 80.3 cm³/mol. The van der Waals surface area contributed by atoms with Crippen molar-refractivity contribution in [2.24, 2.45) is 21.7 Å². The molecule has 0 aliphatic carbocycles. The molecule has 0 atom stereocenters. The lowest BCUT2D eigenvalue weighted by molar-refractivity contribution is 0.828. The maximum absolute atomic E-state index is 5.26. The Bertz CT molecular complexity index is 660. The van der Waals surface area contributed by atoms with Crippen LogP contribution in [0.5, 0.6) is 0 Å². The first-order valence-corrected chi connectivity index (χ1v) is 5.96. The summed E-state index contributed by atoms with van der Waals surface area (Å²) in [5, 5.41) is 8.66.